The van der Waals surface area contributed by atoms with Crippen LogP contribution < -0.4 is 0 Å². The van der Waals surface area contributed by atoms with Gasteiger partial charge in [0.25, 0.3) is 0 Å². The maximum Gasteiger partial charge on any atom is 0.184 e. The minimum absolute atomic E-state index is 0.0843. The van der Waals surface area contributed by atoms with Gasteiger partial charge in [-0.1, -0.05) is 127 Å². The van der Waals surface area contributed by atoms with Gasteiger partial charge >= 0.3 is 0 Å². The van der Waals surface area contributed by atoms with Crippen molar-refractivity contribution >= 4 is 21.6 Å². The van der Waals surface area contributed by atoms with Gasteiger partial charge in [0.2, 0.25) is 0 Å². The molecule has 7 rings (SSSR count). The zero-order valence-electron chi connectivity index (χ0n) is 25.1. The van der Waals surface area contributed by atoms with Gasteiger partial charge in [-0.25, -0.2) is 0 Å². The maximum atomic E-state index is 14.1. The highest BCUT2D eigenvalue weighted by Gasteiger charge is 2.53. The van der Waals surface area contributed by atoms with Crippen LogP contribution in [-0.2, 0) is 41.1 Å². The van der Waals surface area contributed by atoms with Gasteiger partial charge in [-0.15, -0.1) is 0 Å². The first-order chi connectivity index (χ1) is 22.7. The van der Waals surface area contributed by atoms with Crippen molar-refractivity contribution in [3.63, 3.8) is 0 Å². The van der Waals surface area contributed by atoms with Crippen LogP contribution in [0.5, 0.6) is 0 Å². The lowest BCUT2D eigenvalue weighted by atomic mass is 9.98. The van der Waals surface area contributed by atoms with E-state index >= 15 is 0 Å². The molecule has 0 aliphatic carbocycles. The van der Waals surface area contributed by atoms with Crippen molar-refractivity contribution in [1.29, 1.82) is 0 Å². The van der Waals surface area contributed by atoms with Crippen molar-refractivity contribution < 1.29 is 27.9 Å². The van der Waals surface area contributed by atoms with E-state index in [2.05, 4.69) is 30.0 Å². The van der Waals surface area contributed by atoms with Gasteiger partial charge in [-0.05, 0) is 34.5 Å². The lowest BCUT2D eigenvalue weighted by Crippen LogP contribution is -2.64. The highest BCUT2D eigenvalue weighted by atomic mass is 32.2. The molecule has 232 valence electrons. The Morgan fingerprint density at radius 2 is 1.41 bits per heavy atom. The molecule has 2 fully saturated rings. The van der Waals surface area contributed by atoms with Gasteiger partial charge in [0, 0.05) is 16.0 Å². The van der Waals surface area contributed by atoms with Gasteiger partial charge in [0.05, 0.1) is 24.0 Å². The zero-order chi connectivity index (χ0) is 31.1. The molecule has 0 radical (unpaired) electrons. The van der Waals surface area contributed by atoms with E-state index in [1.807, 2.05) is 115 Å². The van der Waals surface area contributed by atoms with E-state index in [9.17, 15) is 4.21 Å². The van der Waals surface area contributed by atoms with E-state index in [1.54, 1.807) is 0 Å². The molecule has 2 aliphatic heterocycles. The summed E-state index contributed by atoms with van der Waals surface area (Å²) in [6.07, 6.45) is -3.02. The number of ether oxygens (including phenoxy) is 5. The number of hydrogen-bond acceptors (Lipinski definition) is 6. The standard InChI is InChI=1S/C39H34O6S/c40-46(32-22-8-3-9-23-32)39-37(41-25-13-21-30-20-12-19-29-16-10-11-24-33(29)30)36(42-26-28-14-4-1-5-15-28)35-34(44-39)27-43-38(45-35)31-17-6-2-7-18-31/h1-12,14-20,22-24,34-39H,25-27H2/t34-,35-,36+,37+,38?,39-,46?/m1/s1. The lowest BCUT2D eigenvalue weighted by Gasteiger charge is -2.48. The molecule has 46 heavy (non-hydrogen) atoms. The van der Waals surface area contributed by atoms with Crippen LogP contribution in [-0.4, -0.2) is 47.3 Å². The smallest absolute Gasteiger partial charge is 0.184 e. The summed E-state index contributed by atoms with van der Waals surface area (Å²) in [5.74, 6) is 6.47. The molecule has 0 aromatic heterocycles. The molecule has 6 nitrogen and oxygen atoms in total. The van der Waals surface area contributed by atoms with Crippen LogP contribution in [0.15, 0.2) is 138 Å². The van der Waals surface area contributed by atoms with Crippen LogP contribution in [0.1, 0.15) is 23.0 Å². The molecule has 2 aliphatic rings. The maximum absolute atomic E-state index is 14.1. The van der Waals surface area contributed by atoms with Crippen LogP contribution in [0, 0.1) is 11.8 Å². The molecular formula is C39H34O6S. The molecular weight excluding hydrogens is 596 g/mol. The minimum Gasteiger partial charge on any atom is -0.368 e. The van der Waals surface area contributed by atoms with Crippen LogP contribution in [0.25, 0.3) is 10.8 Å². The van der Waals surface area contributed by atoms with Gasteiger partial charge in [0.15, 0.2) is 11.7 Å². The zero-order valence-corrected chi connectivity index (χ0v) is 26.0. The predicted molar refractivity (Wildman–Crippen MR) is 177 cm³/mol. The van der Waals surface area contributed by atoms with Crippen molar-refractivity contribution in [2.75, 3.05) is 13.2 Å². The van der Waals surface area contributed by atoms with Gasteiger partial charge in [-0.3, -0.25) is 4.21 Å². The van der Waals surface area contributed by atoms with Crippen molar-refractivity contribution in [2.45, 2.75) is 47.6 Å². The van der Waals surface area contributed by atoms with Gasteiger partial charge < -0.3 is 23.7 Å². The number of hydrogen-bond donors (Lipinski definition) is 0. The van der Waals surface area contributed by atoms with E-state index in [4.69, 9.17) is 23.7 Å². The summed E-state index contributed by atoms with van der Waals surface area (Å²) in [5.41, 5.74) is 1.98. The molecule has 5 aromatic rings. The molecule has 2 unspecified atom stereocenters. The highest BCUT2D eigenvalue weighted by molar-refractivity contribution is 7.85. The van der Waals surface area contributed by atoms with Crippen molar-refractivity contribution in [3.05, 3.63) is 150 Å². The topological polar surface area (TPSA) is 63.2 Å². The quantitative estimate of drug-likeness (QED) is 0.176. The predicted octanol–water partition coefficient (Wildman–Crippen LogP) is 6.81. The fraction of sp³-hybridized carbons (Fsp3) is 0.231. The Labute approximate surface area is 271 Å². The molecule has 7 atom stereocenters. The first kappa shape index (κ1) is 30.5. The second-order valence-corrected chi connectivity index (χ2v) is 12.7. The van der Waals surface area contributed by atoms with Crippen LogP contribution >= 0.6 is 0 Å². The van der Waals surface area contributed by atoms with E-state index in [-0.39, 0.29) is 13.2 Å². The summed E-state index contributed by atoms with van der Waals surface area (Å²) in [6.45, 7) is 0.660. The average Bonchev–Trinajstić information content (AvgIpc) is 3.13. The Kier molecular flexibility index (Phi) is 9.64. The summed E-state index contributed by atoms with van der Waals surface area (Å²) in [6, 6.07) is 43.3. The van der Waals surface area contributed by atoms with Crippen LogP contribution in [0.3, 0.4) is 0 Å². The largest absolute Gasteiger partial charge is 0.368 e. The molecule has 5 aromatic carbocycles. The SMILES string of the molecule is O=S(c1ccccc1)[C@H]1O[C@@H]2COC(c3ccccc3)O[C@H]2[C@H](OCc2ccccc2)[C@@H]1OCC#Cc1cccc2ccccc12. The summed E-state index contributed by atoms with van der Waals surface area (Å²) in [7, 11) is -1.58. The molecule has 2 heterocycles. The number of fused-ring (bicyclic) bond motifs is 2. The minimum atomic E-state index is -1.58. The third-order valence-electron chi connectivity index (χ3n) is 8.19. The lowest BCUT2D eigenvalue weighted by molar-refractivity contribution is -0.328. The molecule has 2 saturated heterocycles. The Morgan fingerprint density at radius 3 is 2.22 bits per heavy atom. The van der Waals surface area contributed by atoms with Crippen molar-refractivity contribution in [2.24, 2.45) is 0 Å². The fourth-order valence-electron chi connectivity index (χ4n) is 5.92. The summed E-state index contributed by atoms with van der Waals surface area (Å²) >= 11 is 0. The average molecular weight is 631 g/mol. The van der Waals surface area contributed by atoms with Crippen LogP contribution in [0.4, 0.5) is 0 Å². The number of rotatable bonds is 8. The Hall–Kier alpha value is -4.13. The van der Waals surface area contributed by atoms with E-state index in [0.29, 0.717) is 11.5 Å². The van der Waals surface area contributed by atoms with E-state index < -0.39 is 46.9 Å². The molecule has 7 heteroatoms. The van der Waals surface area contributed by atoms with Crippen LogP contribution in [0.2, 0.25) is 0 Å². The summed E-state index contributed by atoms with van der Waals surface area (Å²) < 4.78 is 46.6. The Morgan fingerprint density at radius 1 is 0.717 bits per heavy atom. The third kappa shape index (κ3) is 6.84. The van der Waals surface area contributed by atoms with E-state index in [0.717, 1.165) is 27.5 Å². The Balaban J connectivity index is 1.20. The highest BCUT2D eigenvalue weighted by Crippen LogP contribution is 2.38. The van der Waals surface area contributed by atoms with Crippen molar-refractivity contribution in [1.82, 2.24) is 0 Å². The second kappa shape index (κ2) is 14.5. The molecule has 0 N–H and O–H groups in total. The molecule has 0 amide bonds. The van der Waals surface area contributed by atoms with Gasteiger partial charge in [0.1, 0.15) is 31.0 Å². The Bertz CT molecular complexity index is 1820. The molecule has 0 saturated carbocycles. The third-order valence-corrected chi connectivity index (χ3v) is 9.73. The molecule has 0 spiro atoms. The normalized spacial score (nSPS) is 24.8. The first-order valence-electron chi connectivity index (χ1n) is 15.4. The summed E-state index contributed by atoms with van der Waals surface area (Å²) in [4.78, 5) is 0.642. The first-order valence-corrected chi connectivity index (χ1v) is 16.6. The fourth-order valence-corrected chi connectivity index (χ4v) is 7.34. The second-order valence-electron chi connectivity index (χ2n) is 11.2. The summed E-state index contributed by atoms with van der Waals surface area (Å²) in [5, 5.41) is 2.20. The van der Waals surface area contributed by atoms with Gasteiger partial charge in [-0.2, -0.15) is 0 Å². The van der Waals surface area contributed by atoms with Crippen molar-refractivity contribution in [3.8, 4) is 11.8 Å². The monoisotopic (exact) mass is 630 g/mol. The van der Waals surface area contributed by atoms with E-state index in [1.165, 1.54) is 0 Å². The number of benzene rings is 5. The molecule has 0 bridgehead atoms.